The Labute approximate surface area is 220 Å². The molecular weight excluding hydrogens is 490 g/mol. The van der Waals surface area contributed by atoms with Gasteiger partial charge in [0.1, 0.15) is 11.8 Å². The van der Waals surface area contributed by atoms with Crippen molar-refractivity contribution in [3.05, 3.63) is 90.0 Å². The molecule has 190 valence electrons. The predicted molar refractivity (Wildman–Crippen MR) is 144 cm³/mol. The molecule has 0 unspecified atom stereocenters. The lowest BCUT2D eigenvalue weighted by molar-refractivity contribution is -0.124. The highest BCUT2D eigenvalue weighted by Gasteiger charge is 2.44. The van der Waals surface area contributed by atoms with Crippen molar-refractivity contribution >= 4 is 46.5 Å². The van der Waals surface area contributed by atoms with Crippen molar-refractivity contribution in [2.24, 2.45) is 0 Å². The number of nitrogens with zero attached hydrogens (tertiary/aromatic N) is 2. The maximum atomic E-state index is 13.6. The fourth-order valence-electron chi connectivity index (χ4n) is 4.08. The number of thiocarbonyl (C=S) groups is 1. The van der Waals surface area contributed by atoms with Crippen LogP contribution in [0.2, 0.25) is 0 Å². The number of ether oxygens (including phenoxy) is 2. The Bertz CT molecular complexity index is 1280. The summed E-state index contributed by atoms with van der Waals surface area (Å²) >= 11 is 5.74. The van der Waals surface area contributed by atoms with E-state index in [2.05, 4.69) is 5.32 Å². The largest absolute Gasteiger partial charge is 0.494 e. The minimum absolute atomic E-state index is 0.0991. The third-order valence-electron chi connectivity index (χ3n) is 5.89. The van der Waals surface area contributed by atoms with E-state index in [0.717, 1.165) is 5.56 Å². The molecule has 0 bridgehead atoms. The van der Waals surface area contributed by atoms with E-state index in [4.69, 9.17) is 21.7 Å². The average molecular weight is 518 g/mol. The summed E-state index contributed by atoms with van der Waals surface area (Å²) in [6, 6.07) is 22.3. The fourth-order valence-corrected chi connectivity index (χ4v) is 4.47. The Balaban J connectivity index is 1.55. The van der Waals surface area contributed by atoms with Crippen molar-refractivity contribution in [3.63, 3.8) is 0 Å². The zero-order valence-corrected chi connectivity index (χ0v) is 21.4. The first-order valence-corrected chi connectivity index (χ1v) is 12.2. The maximum Gasteiger partial charge on any atom is 0.337 e. The number of carbonyl (C=O) groups is 3. The molecule has 0 radical (unpaired) electrons. The maximum absolute atomic E-state index is 13.6. The van der Waals surface area contributed by atoms with Crippen LogP contribution in [0.3, 0.4) is 0 Å². The molecule has 0 aromatic heterocycles. The van der Waals surface area contributed by atoms with Crippen molar-refractivity contribution in [1.29, 1.82) is 0 Å². The van der Waals surface area contributed by atoms with Crippen LogP contribution in [0.4, 0.5) is 11.4 Å². The van der Waals surface area contributed by atoms with Crippen molar-refractivity contribution < 1.29 is 23.9 Å². The monoisotopic (exact) mass is 517 g/mol. The van der Waals surface area contributed by atoms with Crippen LogP contribution < -0.4 is 15.0 Å². The van der Waals surface area contributed by atoms with Gasteiger partial charge in [-0.15, -0.1) is 0 Å². The first kappa shape index (κ1) is 25.8. The zero-order valence-electron chi connectivity index (χ0n) is 20.5. The van der Waals surface area contributed by atoms with E-state index in [1.807, 2.05) is 37.3 Å². The van der Waals surface area contributed by atoms with Crippen LogP contribution in [0.1, 0.15) is 29.3 Å². The van der Waals surface area contributed by atoms with Crippen LogP contribution >= 0.6 is 12.2 Å². The normalized spacial score (nSPS) is 15.0. The second kappa shape index (κ2) is 11.7. The van der Waals surface area contributed by atoms with E-state index in [1.165, 1.54) is 12.0 Å². The number of carbonyl (C=O) groups excluding carboxylic acids is 3. The molecule has 1 N–H and O–H groups in total. The third-order valence-corrected chi connectivity index (χ3v) is 6.31. The van der Waals surface area contributed by atoms with Crippen molar-refractivity contribution in [2.45, 2.75) is 25.9 Å². The van der Waals surface area contributed by atoms with Gasteiger partial charge in [0.15, 0.2) is 5.11 Å². The first-order chi connectivity index (χ1) is 17.9. The Morgan fingerprint density at radius 2 is 1.65 bits per heavy atom. The van der Waals surface area contributed by atoms with Crippen LogP contribution in [-0.4, -0.2) is 47.6 Å². The van der Waals surface area contributed by atoms with Crippen LogP contribution in [0.25, 0.3) is 0 Å². The molecule has 37 heavy (non-hydrogen) atoms. The van der Waals surface area contributed by atoms with Crippen LogP contribution in [0.15, 0.2) is 78.9 Å². The van der Waals surface area contributed by atoms with Crippen LogP contribution in [0.5, 0.6) is 5.75 Å². The van der Waals surface area contributed by atoms with Gasteiger partial charge in [0, 0.05) is 12.2 Å². The van der Waals surface area contributed by atoms with Gasteiger partial charge in [0.2, 0.25) is 5.91 Å². The molecule has 1 heterocycles. The van der Waals surface area contributed by atoms with Crippen molar-refractivity contribution in [3.8, 4) is 5.75 Å². The van der Waals surface area contributed by atoms with E-state index in [1.54, 1.807) is 53.4 Å². The molecule has 0 aliphatic carbocycles. The molecule has 0 saturated carbocycles. The van der Waals surface area contributed by atoms with Crippen molar-refractivity contribution in [2.75, 3.05) is 23.9 Å². The van der Waals surface area contributed by atoms with E-state index < -0.39 is 12.0 Å². The number of hydrogen-bond acceptors (Lipinski definition) is 6. The minimum Gasteiger partial charge on any atom is -0.494 e. The molecule has 1 aliphatic rings. The first-order valence-electron chi connectivity index (χ1n) is 11.8. The molecular formula is C28H27N3O5S. The topological polar surface area (TPSA) is 88.2 Å². The lowest BCUT2D eigenvalue weighted by Crippen LogP contribution is -2.37. The Kier molecular flexibility index (Phi) is 8.15. The quantitative estimate of drug-likeness (QED) is 0.332. The van der Waals surface area contributed by atoms with Gasteiger partial charge < -0.3 is 19.7 Å². The number of esters is 1. The molecule has 3 aromatic rings. The summed E-state index contributed by atoms with van der Waals surface area (Å²) in [6.45, 7) is 2.82. The van der Waals surface area contributed by atoms with E-state index in [-0.39, 0.29) is 18.2 Å². The van der Waals surface area contributed by atoms with Crippen LogP contribution in [-0.2, 0) is 20.9 Å². The Morgan fingerprint density at radius 3 is 2.27 bits per heavy atom. The van der Waals surface area contributed by atoms with Gasteiger partial charge in [-0.05, 0) is 73.2 Å². The predicted octanol–water partition coefficient (Wildman–Crippen LogP) is 4.40. The van der Waals surface area contributed by atoms with E-state index in [9.17, 15) is 14.4 Å². The standard InChI is InChI=1S/C28H27N3O5S/c1-3-36-23-15-13-22(14-16-23)31-26(33)24(30(28(31)37)18-19-7-5-4-6-8-19)17-25(32)29-21-11-9-20(10-12-21)27(34)35-2/h4-16,24H,3,17-18H2,1-2H3,(H,29,32)/t24-/m1/s1. The summed E-state index contributed by atoms with van der Waals surface area (Å²) in [5, 5.41) is 3.13. The highest BCUT2D eigenvalue weighted by Crippen LogP contribution is 2.30. The molecule has 1 fully saturated rings. The van der Waals surface area contributed by atoms with Gasteiger partial charge in [-0.1, -0.05) is 30.3 Å². The molecule has 8 nitrogen and oxygen atoms in total. The number of hydrogen-bond donors (Lipinski definition) is 1. The molecule has 3 aromatic carbocycles. The molecule has 9 heteroatoms. The van der Waals surface area contributed by atoms with Gasteiger partial charge in [-0.25, -0.2) is 4.79 Å². The smallest absolute Gasteiger partial charge is 0.337 e. The third kappa shape index (κ3) is 5.95. The highest BCUT2D eigenvalue weighted by molar-refractivity contribution is 7.80. The summed E-state index contributed by atoms with van der Waals surface area (Å²) in [5.41, 5.74) is 2.45. The number of benzene rings is 3. The lowest BCUT2D eigenvalue weighted by atomic mass is 10.1. The van der Waals surface area contributed by atoms with Crippen LogP contribution in [0, 0.1) is 0 Å². The van der Waals surface area contributed by atoms with Gasteiger partial charge in [0.25, 0.3) is 5.91 Å². The molecule has 1 aliphatic heterocycles. The molecule has 1 atom stereocenters. The molecule has 0 spiro atoms. The summed E-state index contributed by atoms with van der Waals surface area (Å²) in [4.78, 5) is 41.5. The van der Waals surface area contributed by atoms with E-state index >= 15 is 0 Å². The second-order valence-corrected chi connectivity index (χ2v) is 8.70. The lowest BCUT2D eigenvalue weighted by Gasteiger charge is -2.24. The molecule has 4 rings (SSSR count). The Hall–Kier alpha value is -4.24. The van der Waals surface area contributed by atoms with Gasteiger partial charge in [0.05, 0.1) is 31.4 Å². The van der Waals surface area contributed by atoms with Gasteiger partial charge in [-0.2, -0.15) is 0 Å². The Morgan fingerprint density at radius 1 is 0.973 bits per heavy atom. The van der Waals surface area contributed by atoms with Crippen molar-refractivity contribution in [1.82, 2.24) is 4.90 Å². The number of amides is 2. The van der Waals surface area contributed by atoms with E-state index in [0.29, 0.717) is 41.0 Å². The summed E-state index contributed by atoms with van der Waals surface area (Å²) < 4.78 is 10.2. The number of anilines is 2. The number of nitrogens with one attached hydrogen (secondary N) is 1. The minimum atomic E-state index is -0.784. The summed E-state index contributed by atoms with van der Waals surface area (Å²) in [6.07, 6.45) is -0.0991. The zero-order chi connectivity index (χ0) is 26.4. The summed E-state index contributed by atoms with van der Waals surface area (Å²) in [5.74, 6) is -0.396. The fraction of sp³-hybridized carbons (Fsp3) is 0.214. The SMILES string of the molecule is CCOc1ccc(N2C(=O)[C@@H](CC(=O)Nc3ccc(C(=O)OC)cc3)N(Cc3ccccc3)C2=S)cc1. The highest BCUT2D eigenvalue weighted by atomic mass is 32.1. The van der Waals surface area contributed by atoms with Gasteiger partial charge in [-0.3, -0.25) is 14.5 Å². The molecule has 2 amide bonds. The second-order valence-electron chi connectivity index (χ2n) is 8.33. The summed E-state index contributed by atoms with van der Waals surface area (Å²) in [7, 11) is 1.30. The number of methoxy groups -OCH3 is 1. The van der Waals surface area contributed by atoms with Gasteiger partial charge >= 0.3 is 5.97 Å². The molecule has 1 saturated heterocycles. The number of rotatable bonds is 9. The average Bonchev–Trinajstić information content (AvgIpc) is 3.13.